The number of thiazole rings is 1. The summed E-state index contributed by atoms with van der Waals surface area (Å²) >= 11 is 1.76. The highest BCUT2D eigenvalue weighted by molar-refractivity contribution is 7.09. The molecular formula is C10H16N2OS. The summed E-state index contributed by atoms with van der Waals surface area (Å²) in [6.45, 7) is 2.54. The number of hydrogen-bond acceptors (Lipinski definition) is 4. The van der Waals surface area contributed by atoms with E-state index in [1.807, 2.05) is 0 Å². The highest BCUT2D eigenvalue weighted by atomic mass is 32.1. The smallest absolute Gasteiger partial charge is 0.107 e. The Morgan fingerprint density at radius 2 is 2.50 bits per heavy atom. The Labute approximate surface area is 88.5 Å². The molecule has 1 heterocycles. The third-order valence-electron chi connectivity index (χ3n) is 2.32. The zero-order chi connectivity index (χ0) is 9.80. The summed E-state index contributed by atoms with van der Waals surface area (Å²) in [5.41, 5.74) is 1.30. The minimum atomic E-state index is 0.765. The van der Waals surface area contributed by atoms with E-state index in [-0.39, 0.29) is 0 Å². The molecule has 1 aromatic heterocycles. The highest BCUT2D eigenvalue weighted by Crippen LogP contribution is 2.40. The van der Waals surface area contributed by atoms with Gasteiger partial charge in [0.15, 0.2) is 0 Å². The fourth-order valence-corrected chi connectivity index (χ4v) is 2.19. The van der Waals surface area contributed by atoms with Gasteiger partial charge < -0.3 is 10.1 Å². The zero-order valence-corrected chi connectivity index (χ0v) is 9.27. The molecule has 1 fully saturated rings. The second-order valence-corrected chi connectivity index (χ2v) is 4.55. The van der Waals surface area contributed by atoms with Gasteiger partial charge in [-0.3, -0.25) is 0 Å². The summed E-state index contributed by atoms with van der Waals surface area (Å²) < 4.78 is 4.95. The molecule has 0 spiro atoms. The van der Waals surface area contributed by atoms with Crippen molar-refractivity contribution in [2.75, 3.05) is 20.3 Å². The first-order chi connectivity index (χ1) is 6.90. The Morgan fingerprint density at radius 1 is 1.64 bits per heavy atom. The van der Waals surface area contributed by atoms with Crippen LogP contribution in [0, 0.1) is 0 Å². The number of aromatic nitrogens is 1. The molecule has 1 N–H and O–H groups in total. The van der Waals surface area contributed by atoms with E-state index in [4.69, 9.17) is 4.74 Å². The topological polar surface area (TPSA) is 34.1 Å². The molecule has 0 saturated heterocycles. The lowest BCUT2D eigenvalue weighted by molar-refractivity contribution is 0.199. The van der Waals surface area contributed by atoms with Gasteiger partial charge in [0.25, 0.3) is 0 Å². The maximum absolute atomic E-state index is 4.95. The maximum atomic E-state index is 4.95. The maximum Gasteiger partial charge on any atom is 0.107 e. The Balaban J connectivity index is 1.72. The molecule has 14 heavy (non-hydrogen) atoms. The first kappa shape index (κ1) is 10.1. The van der Waals surface area contributed by atoms with E-state index in [0.717, 1.165) is 25.6 Å². The van der Waals surface area contributed by atoms with Crippen LogP contribution in [0.2, 0.25) is 0 Å². The fourth-order valence-electron chi connectivity index (χ4n) is 1.34. The van der Waals surface area contributed by atoms with Crippen molar-refractivity contribution in [1.82, 2.24) is 10.3 Å². The second-order valence-electron chi connectivity index (χ2n) is 3.61. The van der Waals surface area contributed by atoms with Gasteiger partial charge in [-0.1, -0.05) is 0 Å². The Morgan fingerprint density at radius 3 is 3.21 bits per heavy atom. The summed E-state index contributed by atoms with van der Waals surface area (Å²) in [4.78, 5) is 4.59. The molecule has 0 radical (unpaired) electrons. The van der Waals surface area contributed by atoms with Gasteiger partial charge in [0.05, 0.1) is 12.3 Å². The van der Waals surface area contributed by atoms with E-state index in [1.165, 1.54) is 23.5 Å². The third kappa shape index (κ3) is 2.77. The van der Waals surface area contributed by atoms with E-state index in [9.17, 15) is 0 Å². The summed E-state index contributed by atoms with van der Waals surface area (Å²) in [5, 5.41) is 6.69. The van der Waals surface area contributed by atoms with Crippen molar-refractivity contribution in [1.29, 1.82) is 0 Å². The molecule has 1 aliphatic rings. The quantitative estimate of drug-likeness (QED) is 0.730. The summed E-state index contributed by atoms with van der Waals surface area (Å²) in [7, 11) is 1.72. The molecule has 4 heteroatoms. The van der Waals surface area contributed by atoms with Crippen LogP contribution in [0.5, 0.6) is 0 Å². The van der Waals surface area contributed by atoms with Crippen LogP contribution in [0.3, 0.4) is 0 Å². The number of nitrogens with one attached hydrogen (secondary N) is 1. The van der Waals surface area contributed by atoms with Crippen LogP contribution in [0.4, 0.5) is 0 Å². The second kappa shape index (κ2) is 4.87. The summed E-state index contributed by atoms with van der Waals surface area (Å²) in [5.74, 6) is 0.777. The Kier molecular flexibility index (Phi) is 3.50. The number of rotatable bonds is 6. The molecule has 0 aromatic carbocycles. The SMILES string of the molecule is COCCNCc1nc(C2CC2)cs1. The molecule has 2 rings (SSSR count). The van der Waals surface area contributed by atoms with E-state index in [1.54, 1.807) is 18.4 Å². The fraction of sp³-hybridized carbons (Fsp3) is 0.700. The molecule has 0 bridgehead atoms. The summed E-state index contributed by atoms with van der Waals surface area (Å²) in [6, 6.07) is 0. The van der Waals surface area contributed by atoms with Crippen molar-refractivity contribution < 1.29 is 4.74 Å². The van der Waals surface area contributed by atoms with Crippen LogP contribution < -0.4 is 5.32 Å². The van der Waals surface area contributed by atoms with E-state index < -0.39 is 0 Å². The lowest BCUT2D eigenvalue weighted by Crippen LogP contribution is -2.18. The van der Waals surface area contributed by atoms with Gasteiger partial charge in [-0.15, -0.1) is 11.3 Å². The van der Waals surface area contributed by atoms with Crippen molar-refractivity contribution in [2.24, 2.45) is 0 Å². The molecule has 1 aliphatic carbocycles. The number of methoxy groups -OCH3 is 1. The number of nitrogens with zero attached hydrogens (tertiary/aromatic N) is 1. The normalized spacial score (nSPS) is 16.1. The van der Waals surface area contributed by atoms with Gasteiger partial charge in [0.1, 0.15) is 5.01 Å². The summed E-state index contributed by atoms with van der Waals surface area (Å²) in [6.07, 6.45) is 2.67. The van der Waals surface area contributed by atoms with E-state index in [2.05, 4.69) is 15.7 Å². The Bertz CT molecular complexity index is 283. The average molecular weight is 212 g/mol. The van der Waals surface area contributed by atoms with Gasteiger partial charge in [-0.05, 0) is 12.8 Å². The standard InChI is InChI=1S/C10H16N2OS/c1-13-5-4-11-6-10-12-9(7-14-10)8-2-3-8/h7-8,11H,2-6H2,1H3. The predicted molar refractivity (Wildman–Crippen MR) is 57.7 cm³/mol. The lowest BCUT2D eigenvalue weighted by Gasteiger charge is -2.00. The van der Waals surface area contributed by atoms with Crippen LogP contribution >= 0.6 is 11.3 Å². The van der Waals surface area contributed by atoms with Gasteiger partial charge >= 0.3 is 0 Å². The van der Waals surface area contributed by atoms with Crippen molar-refractivity contribution in [3.05, 3.63) is 16.1 Å². The number of hydrogen-bond donors (Lipinski definition) is 1. The largest absolute Gasteiger partial charge is 0.383 e. The highest BCUT2D eigenvalue weighted by Gasteiger charge is 2.25. The molecule has 0 atom stereocenters. The Hall–Kier alpha value is -0.450. The molecule has 78 valence electrons. The van der Waals surface area contributed by atoms with Crippen LogP contribution in [0.1, 0.15) is 29.5 Å². The monoisotopic (exact) mass is 212 g/mol. The molecule has 1 aromatic rings. The first-order valence-electron chi connectivity index (χ1n) is 5.04. The molecular weight excluding hydrogens is 196 g/mol. The molecule has 3 nitrogen and oxygen atoms in total. The van der Waals surface area contributed by atoms with E-state index in [0.29, 0.717) is 0 Å². The molecule has 0 aliphatic heterocycles. The van der Waals surface area contributed by atoms with E-state index >= 15 is 0 Å². The van der Waals surface area contributed by atoms with Gasteiger partial charge in [0, 0.05) is 31.5 Å². The van der Waals surface area contributed by atoms with Crippen molar-refractivity contribution in [3.63, 3.8) is 0 Å². The first-order valence-corrected chi connectivity index (χ1v) is 5.92. The molecule has 0 amide bonds. The molecule has 1 saturated carbocycles. The van der Waals surface area contributed by atoms with Crippen LogP contribution in [0.15, 0.2) is 5.38 Å². The van der Waals surface area contributed by atoms with Gasteiger partial charge in [-0.2, -0.15) is 0 Å². The molecule has 0 unspecified atom stereocenters. The van der Waals surface area contributed by atoms with Crippen molar-refractivity contribution in [2.45, 2.75) is 25.3 Å². The zero-order valence-electron chi connectivity index (χ0n) is 8.45. The van der Waals surface area contributed by atoms with Crippen molar-refractivity contribution in [3.8, 4) is 0 Å². The van der Waals surface area contributed by atoms with Crippen molar-refractivity contribution >= 4 is 11.3 Å². The van der Waals surface area contributed by atoms with Gasteiger partial charge in [0.2, 0.25) is 0 Å². The minimum absolute atomic E-state index is 0.765. The van der Waals surface area contributed by atoms with Crippen LogP contribution in [-0.2, 0) is 11.3 Å². The predicted octanol–water partition coefficient (Wildman–Crippen LogP) is 1.76. The minimum Gasteiger partial charge on any atom is -0.383 e. The number of ether oxygens (including phenoxy) is 1. The lowest BCUT2D eigenvalue weighted by atomic mass is 10.3. The average Bonchev–Trinajstić information content (AvgIpc) is 2.94. The third-order valence-corrected chi connectivity index (χ3v) is 3.19. The van der Waals surface area contributed by atoms with Crippen LogP contribution in [-0.4, -0.2) is 25.2 Å². The van der Waals surface area contributed by atoms with Gasteiger partial charge in [-0.25, -0.2) is 4.98 Å². The van der Waals surface area contributed by atoms with Crippen LogP contribution in [0.25, 0.3) is 0 Å².